The molecule has 7 heteroatoms. The van der Waals surface area contributed by atoms with Gasteiger partial charge in [-0.3, -0.25) is 0 Å². The van der Waals surface area contributed by atoms with Crippen LogP contribution in [0, 0.1) is 0 Å². The lowest BCUT2D eigenvalue weighted by Gasteiger charge is -2.31. The predicted octanol–water partition coefficient (Wildman–Crippen LogP) is 0.333. The van der Waals surface area contributed by atoms with Gasteiger partial charge in [0.1, 0.15) is 5.76 Å². The quantitative estimate of drug-likeness (QED) is 0.701. The van der Waals surface area contributed by atoms with Crippen LogP contribution in [0.25, 0.3) is 0 Å². The molecule has 0 amide bonds. The first-order chi connectivity index (χ1) is 9.03. The largest absolute Gasteiger partial charge is 0.447 e. The summed E-state index contributed by atoms with van der Waals surface area (Å²) in [4.78, 5) is 0. The molecule has 3 rings (SSSR count). The second kappa shape index (κ2) is 4.90. The standard InChI is InChI=1S/C12H18N2O4S/c15-10-5-9(6-10)14-19(16,17)12-4-3-11(18-12)7-13-8-1-2-8/h3-4,8-10,13-15H,1-2,5-7H2. The van der Waals surface area contributed by atoms with Crippen molar-refractivity contribution in [1.82, 2.24) is 10.0 Å². The van der Waals surface area contributed by atoms with Crippen molar-refractivity contribution >= 4 is 10.0 Å². The van der Waals surface area contributed by atoms with Crippen molar-refractivity contribution in [1.29, 1.82) is 0 Å². The summed E-state index contributed by atoms with van der Waals surface area (Å²) in [7, 11) is -3.60. The van der Waals surface area contributed by atoms with Crippen LogP contribution in [-0.2, 0) is 16.6 Å². The Morgan fingerprint density at radius 1 is 1.26 bits per heavy atom. The van der Waals surface area contributed by atoms with Gasteiger partial charge in [0.05, 0.1) is 12.6 Å². The number of sulfonamides is 1. The fourth-order valence-electron chi connectivity index (χ4n) is 2.09. The summed E-state index contributed by atoms with van der Waals surface area (Å²) < 4.78 is 31.9. The minimum absolute atomic E-state index is 0.0542. The van der Waals surface area contributed by atoms with Crippen LogP contribution in [0.3, 0.4) is 0 Å². The van der Waals surface area contributed by atoms with Gasteiger partial charge in [0, 0.05) is 12.1 Å². The Balaban J connectivity index is 1.59. The third-order valence-corrected chi connectivity index (χ3v) is 4.87. The highest BCUT2D eigenvalue weighted by Gasteiger charge is 2.32. The topological polar surface area (TPSA) is 91.6 Å². The first kappa shape index (κ1) is 13.1. The SMILES string of the molecule is O=S(=O)(NC1CC(O)C1)c1ccc(CNC2CC2)o1. The molecule has 1 heterocycles. The first-order valence-corrected chi connectivity index (χ1v) is 8.04. The lowest BCUT2D eigenvalue weighted by molar-refractivity contribution is 0.0710. The molecule has 0 bridgehead atoms. The molecule has 1 aromatic heterocycles. The fraction of sp³-hybridized carbons (Fsp3) is 0.667. The lowest BCUT2D eigenvalue weighted by atomic mass is 9.91. The van der Waals surface area contributed by atoms with Gasteiger partial charge >= 0.3 is 0 Å². The second-order valence-corrected chi connectivity index (χ2v) is 6.96. The Kier molecular flexibility index (Phi) is 3.38. The third kappa shape index (κ3) is 3.17. The molecule has 19 heavy (non-hydrogen) atoms. The summed E-state index contributed by atoms with van der Waals surface area (Å²) in [5.74, 6) is 0.626. The molecular weight excluding hydrogens is 268 g/mol. The highest BCUT2D eigenvalue weighted by molar-refractivity contribution is 7.89. The predicted molar refractivity (Wildman–Crippen MR) is 67.9 cm³/mol. The Morgan fingerprint density at radius 3 is 2.63 bits per heavy atom. The molecule has 1 aromatic rings. The zero-order valence-corrected chi connectivity index (χ0v) is 11.3. The molecule has 2 aliphatic carbocycles. The van der Waals surface area contributed by atoms with E-state index in [9.17, 15) is 8.42 Å². The molecule has 0 unspecified atom stereocenters. The van der Waals surface area contributed by atoms with Crippen LogP contribution in [0.4, 0.5) is 0 Å². The minimum Gasteiger partial charge on any atom is -0.447 e. The van der Waals surface area contributed by atoms with Crippen molar-refractivity contribution < 1.29 is 17.9 Å². The number of hydrogen-bond acceptors (Lipinski definition) is 5. The zero-order valence-electron chi connectivity index (χ0n) is 10.5. The molecule has 2 saturated carbocycles. The number of furan rings is 1. The van der Waals surface area contributed by atoms with E-state index in [2.05, 4.69) is 10.0 Å². The summed E-state index contributed by atoms with van der Waals surface area (Å²) >= 11 is 0. The van der Waals surface area contributed by atoms with E-state index >= 15 is 0 Å². The number of aliphatic hydroxyl groups is 1. The van der Waals surface area contributed by atoms with Gasteiger partial charge in [0.2, 0.25) is 5.09 Å². The fourth-order valence-corrected chi connectivity index (χ4v) is 3.30. The van der Waals surface area contributed by atoms with Gasteiger partial charge in [-0.1, -0.05) is 0 Å². The monoisotopic (exact) mass is 286 g/mol. The van der Waals surface area contributed by atoms with Gasteiger partial charge in [-0.05, 0) is 37.8 Å². The van der Waals surface area contributed by atoms with E-state index in [0.717, 1.165) is 0 Å². The lowest BCUT2D eigenvalue weighted by Crippen LogP contribution is -2.46. The average molecular weight is 286 g/mol. The van der Waals surface area contributed by atoms with Crippen molar-refractivity contribution in [3.63, 3.8) is 0 Å². The van der Waals surface area contributed by atoms with Gasteiger partial charge in [-0.2, -0.15) is 0 Å². The van der Waals surface area contributed by atoms with Crippen LogP contribution in [-0.4, -0.2) is 31.7 Å². The zero-order chi connectivity index (χ0) is 13.5. The van der Waals surface area contributed by atoms with E-state index in [1.807, 2.05) is 0 Å². The smallest absolute Gasteiger partial charge is 0.274 e. The Labute approximate surface area is 112 Å². The van der Waals surface area contributed by atoms with Crippen molar-refractivity contribution in [3.05, 3.63) is 17.9 Å². The van der Waals surface area contributed by atoms with Crippen LogP contribution in [0.15, 0.2) is 21.6 Å². The molecule has 0 radical (unpaired) electrons. The van der Waals surface area contributed by atoms with E-state index < -0.39 is 10.0 Å². The molecule has 3 N–H and O–H groups in total. The number of nitrogens with one attached hydrogen (secondary N) is 2. The van der Waals surface area contributed by atoms with Crippen molar-refractivity contribution in [2.45, 2.75) is 55.5 Å². The molecule has 106 valence electrons. The van der Waals surface area contributed by atoms with E-state index in [1.54, 1.807) is 6.07 Å². The summed E-state index contributed by atoms with van der Waals surface area (Å²) in [6.45, 7) is 0.558. The van der Waals surface area contributed by atoms with Gasteiger partial charge in [0.15, 0.2) is 0 Å². The minimum atomic E-state index is -3.60. The Morgan fingerprint density at radius 2 is 2.00 bits per heavy atom. The molecule has 0 saturated heterocycles. The van der Waals surface area contributed by atoms with Crippen molar-refractivity contribution in [3.8, 4) is 0 Å². The highest BCUT2D eigenvalue weighted by Crippen LogP contribution is 2.23. The van der Waals surface area contributed by atoms with E-state index in [-0.39, 0.29) is 17.2 Å². The normalized spacial score (nSPS) is 27.2. The molecule has 2 fully saturated rings. The van der Waals surface area contributed by atoms with Gasteiger partial charge < -0.3 is 14.8 Å². The van der Waals surface area contributed by atoms with Crippen molar-refractivity contribution in [2.24, 2.45) is 0 Å². The number of hydrogen-bond donors (Lipinski definition) is 3. The van der Waals surface area contributed by atoms with Gasteiger partial charge in [-0.25, -0.2) is 13.1 Å². The van der Waals surface area contributed by atoms with Gasteiger partial charge in [0.25, 0.3) is 10.0 Å². The van der Waals surface area contributed by atoms with Crippen molar-refractivity contribution in [2.75, 3.05) is 0 Å². The molecule has 2 aliphatic rings. The average Bonchev–Trinajstić information content (AvgIpc) is 3.01. The Bertz CT molecular complexity index is 544. The maximum Gasteiger partial charge on any atom is 0.274 e. The second-order valence-electron chi connectivity index (χ2n) is 5.32. The van der Waals surface area contributed by atoms with Crippen LogP contribution >= 0.6 is 0 Å². The molecular formula is C12H18N2O4S. The first-order valence-electron chi connectivity index (χ1n) is 6.55. The van der Waals surface area contributed by atoms with Gasteiger partial charge in [-0.15, -0.1) is 0 Å². The molecule has 6 nitrogen and oxygen atoms in total. The summed E-state index contributed by atoms with van der Waals surface area (Å²) in [6.07, 6.45) is 2.91. The maximum atomic E-state index is 12.0. The van der Waals surface area contributed by atoms with E-state index in [4.69, 9.17) is 9.52 Å². The molecule has 0 aromatic carbocycles. The maximum absolute atomic E-state index is 12.0. The molecule has 0 aliphatic heterocycles. The number of rotatable bonds is 6. The van der Waals surface area contributed by atoms with Crippen LogP contribution < -0.4 is 10.0 Å². The third-order valence-electron chi connectivity index (χ3n) is 3.48. The van der Waals surface area contributed by atoms with Crippen LogP contribution in [0.5, 0.6) is 0 Å². The van der Waals surface area contributed by atoms with E-state index in [1.165, 1.54) is 18.9 Å². The Hall–Kier alpha value is -0.890. The summed E-state index contributed by atoms with van der Waals surface area (Å²) in [5.41, 5.74) is 0. The van der Waals surface area contributed by atoms with Crippen LogP contribution in [0.1, 0.15) is 31.4 Å². The summed E-state index contributed by atoms with van der Waals surface area (Å²) in [6, 6.07) is 3.53. The van der Waals surface area contributed by atoms with Crippen LogP contribution in [0.2, 0.25) is 0 Å². The van der Waals surface area contributed by atoms with E-state index in [0.29, 0.717) is 31.2 Å². The summed E-state index contributed by atoms with van der Waals surface area (Å²) in [5, 5.41) is 12.4. The number of aliphatic hydroxyl groups excluding tert-OH is 1. The molecule has 0 spiro atoms. The molecule has 0 atom stereocenters. The highest BCUT2D eigenvalue weighted by atomic mass is 32.2.